The zero-order chi connectivity index (χ0) is 20.4. The van der Waals surface area contributed by atoms with Crippen LogP contribution in [0.5, 0.6) is 5.88 Å². The van der Waals surface area contributed by atoms with E-state index in [0.717, 1.165) is 68.1 Å². The lowest BCUT2D eigenvalue weighted by Crippen LogP contribution is -2.42. The smallest absolute Gasteiger partial charge is 0.252 e. The van der Waals surface area contributed by atoms with Gasteiger partial charge in [-0.05, 0) is 51.8 Å². The van der Waals surface area contributed by atoms with Gasteiger partial charge in [0, 0.05) is 37.0 Å². The minimum Gasteiger partial charge on any atom is -0.472 e. The first-order chi connectivity index (χ1) is 14.0. The van der Waals surface area contributed by atoms with Gasteiger partial charge in [-0.15, -0.1) is 0 Å². The highest BCUT2D eigenvalue weighted by Gasteiger charge is 2.30. The fraction of sp³-hybridized carbons (Fsp3) is 0.524. The number of rotatable bonds is 5. The van der Waals surface area contributed by atoms with E-state index < -0.39 is 5.82 Å². The van der Waals surface area contributed by atoms with E-state index in [1.165, 1.54) is 12.3 Å². The third kappa shape index (κ3) is 4.70. The van der Waals surface area contributed by atoms with Gasteiger partial charge >= 0.3 is 0 Å². The third-order valence-corrected chi connectivity index (χ3v) is 5.69. The zero-order valence-corrected chi connectivity index (χ0v) is 16.8. The Labute approximate surface area is 169 Å². The van der Waals surface area contributed by atoms with Crippen LogP contribution in [-0.2, 0) is 6.42 Å². The number of fused-ring (bicyclic) bond motifs is 1. The van der Waals surface area contributed by atoms with Gasteiger partial charge in [-0.25, -0.2) is 9.37 Å². The molecule has 8 heteroatoms. The van der Waals surface area contributed by atoms with E-state index in [1.54, 1.807) is 0 Å². The van der Waals surface area contributed by atoms with Crippen LogP contribution in [0.15, 0.2) is 18.5 Å². The molecule has 7 nitrogen and oxygen atoms in total. The van der Waals surface area contributed by atoms with E-state index in [-0.39, 0.29) is 17.6 Å². The Kier molecular flexibility index (Phi) is 5.71. The highest BCUT2D eigenvalue weighted by atomic mass is 19.1. The zero-order valence-electron chi connectivity index (χ0n) is 16.8. The number of likely N-dealkylation sites (tertiary alicyclic amines) is 1. The lowest BCUT2D eigenvalue weighted by Gasteiger charge is -2.33. The number of halogens is 1. The van der Waals surface area contributed by atoms with Gasteiger partial charge in [0.1, 0.15) is 17.7 Å². The van der Waals surface area contributed by atoms with Crippen LogP contribution in [0.2, 0.25) is 0 Å². The summed E-state index contributed by atoms with van der Waals surface area (Å²) < 4.78 is 19.2. The van der Waals surface area contributed by atoms with Crippen molar-refractivity contribution in [2.75, 3.05) is 26.2 Å². The molecule has 0 aliphatic carbocycles. The first kappa shape index (κ1) is 19.7. The first-order valence-corrected chi connectivity index (χ1v) is 10.1. The number of amides is 1. The van der Waals surface area contributed by atoms with Crippen molar-refractivity contribution in [3.8, 4) is 5.88 Å². The minimum atomic E-state index is -0.501. The summed E-state index contributed by atoms with van der Waals surface area (Å²) >= 11 is 0. The molecule has 0 spiro atoms. The molecule has 1 saturated heterocycles. The number of carbonyl (C=O) groups excluding carboxylic acids is 1. The number of aromatic nitrogens is 3. The standard InChI is InChI=1S/C21H26FN5O2/c1-13-19-8-18(29-21(19)26-14(2)25-13)12-27-5-3-15(4-6-27)9-24-20(28)16-7-17(22)11-23-10-16/h7,10-11,15,18H,3-6,8-9,12H2,1-2H3,(H,24,28). The Hall–Kier alpha value is -2.61. The average Bonchev–Trinajstić information content (AvgIpc) is 3.10. The molecule has 2 aromatic rings. The molecular weight excluding hydrogens is 373 g/mol. The van der Waals surface area contributed by atoms with Crippen molar-refractivity contribution >= 4 is 5.91 Å². The molecule has 2 aromatic heterocycles. The molecule has 0 bridgehead atoms. The van der Waals surface area contributed by atoms with Crippen molar-refractivity contribution in [1.29, 1.82) is 0 Å². The molecule has 1 N–H and O–H groups in total. The van der Waals surface area contributed by atoms with Crippen LogP contribution in [0.25, 0.3) is 0 Å². The summed E-state index contributed by atoms with van der Waals surface area (Å²) in [6, 6.07) is 1.21. The monoisotopic (exact) mass is 399 g/mol. The average molecular weight is 399 g/mol. The number of nitrogens with zero attached hydrogens (tertiary/aromatic N) is 4. The van der Waals surface area contributed by atoms with Gasteiger partial charge in [0.25, 0.3) is 5.91 Å². The Morgan fingerprint density at radius 1 is 1.28 bits per heavy atom. The molecule has 4 rings (SSSR count). The minimum absolute atomic E-state index is 0.122. The summed E-state index contributed by atoms with van der Waals surface area (Å²) in [6.07, 6.45) is 5.48. The number of hydrogen-bond acceptors (Lipinski definition) is 6. The van der Waals surface area contributed by atoms with Gasteiger partial charge < -0.3 is 10.1 Å². The molecule has 29 heavy (non-hydrogen) atoms. The molecule has 0 saturated carbocycles. The number of carbonyl (C=O) groups is 1. The van der Waals surface area contributed by atoms with E-state index in [2.05, 4.69) is 25.2 Å². The van der Waals surface area contributed by atoms with Crippen LogP contribution in [0, 0.1) is 25.6 Å². The second-order valence-electron chi connectivity index (χ2n) is 7.93. The third-order valence-electron chi connectivity index (χ3n) is 5.69. The lowest BCUT2D eigenvalue weighted by molar-refractivity contribution is 0.0920. The summed E-state index contributed by atoms with van der Waals surface area (Å²) in [4.78, 5) is 27.1. The maximum atomic E-state index is 13.2. The van der Waals surface area contributed by atoms with Crippen LogP contribution in [-0.4, -0.2) is 58.0 Å². The van der Waals surface area contributed by atoms with E-state index >= 15 is 0 Å². The summed E-state index contributed by atoms with van der Waals surface area (Å²) in [6.45, 7) is 7.33. The Balaban J connectivity index is 1.21. The van der Waals surface area contributed by atoms with Gasteiger partial charge in [0.05, 0.1) is 11.8 Å². The van der Waals surface area contributed by atoms with Gasteiger partial charge in [-0.3, -0.25) is 14.7 Å². The predicted molar refractivity (Wildman–Crippen MR) is 105 cm³/mol. The fourth-order valence-electron chi connectivity index (χ4n) is 4.10. The van der Waals surface area contributed by atoms with E-state index in [4.69, 9.17) is 4.74 Å². The van der Waals surface area contributed by atoms with Gasteiger partial charge in [-0.1, -0.05) is 0 Å². The van der Waals surface area contributed by atoms with Crippen molar-refractivity contribution in [2.24, 2.45) is 5.92 Å². The van der Waals surface area contributed by atoms with Gasteiger partial charge in [0.2, 0.25) is 5.88 Å². The van der Waals surface area contributed by atoms with Crippen molar-refractivity contribution in [3.63, 3.8) is 0 Å². The normalized spacial score (nSPS) is 19.6. The number of nitrogens with one attached hydrogen (secondary N) is 1. The van der Waals surface area contributed by atoms with E-state index in [9.17, 15) is 9.18 Å². The summed E-state index contributed by atoms with van der Waals surface area (Å²) in [5.41, 5.74) is 2.40. The molecule has 2 aliphatic rings. The van der Waals surface area contributed by atoms with Crippen molar-refractivity contribution in [1.82, 2.24) is 25.2 Å². The maximum Gasteiger partial charge on any atom is 0.252 e. The van der Waals surface area contributed by atoms with Crippen molar-refractivity contribution in [3.05, 3.63) is 46.9 Å². The molecule has 0 aromatic carbocycles. The fourth-order valence-corrected chi connectivity index (χ4v) is 4.10. The summed E-state index contributed by atoms with van der Waals surface area (Å²) in [7, 11) is 0. The Morgan fingerprint density at radius 2 is 2.07 bits per heavy atom. The molecule has 0 radical (unpaired) electrons. The molecule has 4 heterocycles. The lowest BCUT2D eigenvalue weighted by atomic mass is 9.96. The van der Waals surface area contributed by atoms with Crippen LogP contribution in [0.4, 0.5) is 4.39 Å². The number of pyridine rings is 1. The molecule has 154 valence electrons. The molecule has 2 aliphatic heterocycles. The molecular formula is C21H26FN5O2. The number of ether oxygens (including phenoxy) is 1. The van der Waals surface area contributed by atoms with Crippen LogP contribution in [0.1, 0.15) is 40.3 Å². The molecule has 1 atom stereocenters. The quantitative estimate of drug-likeness (QED) is 0.829. The SMILES string of the molecule is Cc1nc(C)c2c(n1)OC(CN1CCC(CNC(=O)c3cncc(F)c3)CC1)C2. The van der Waals surface area contributed by atoms with E-state index in [1.807, 2.05) is 13.8 Å². The molecule has 1 unspecified atom stereocenters. The second kappa shape index (κ2) is 8.41. The summed E-state index contributed by atoms with van der Waals surface area (Å²) in [5.74, 6) is 1.14. The van der Waals surface area contributed by atoms with Crippen molar-refractivity contribution in [2.45, 2.75) is 39.2 Å². The van der Waals surface area contributed by atoms with Crippen LogP contribution in [0.3, 0.4) is 0 Å². The van der Waals surface area contributed by atoms with Crippen molar-refractivity contribution < 1.29 is 13.9 Å². The van der Waals surface area contributed by atoms with E-state index in [0.29, 0.717) is 12.5 Å². The molecule has 1 amide bonds. The largest absolute Gasteiger partial charge is 0.472 e. The molecule has 1 fully saturated rings. The second-order valence-corrected chi connectivity index (χ2v) is 7.93. The highest BCUT2D eigenvalue weighted by molar-refractivity contribution is 5.93. The first-order valence-electron chi connectivity index (χ1n) is 10.1. The van der Waals surface area contributed by atoms with Gasteiger partial charge in [-0.2, -0.15) is 4.98 Å². The highest BCUT2D eigenvalue weighted by Crippen LogP contribution is 2.29. The van der Waals surface area contributed by atoms with Crippen LogP contribution < -0.4 is 10.1 Å². The maximum absolute atomic E-state index is 13.2. The Bertz CT molecular complexity index is 899. The number of piperidine rings is 1. The topological polar surface area (TPSA) is 80.2 Å². The number of aryl methyl sites for hydroxylation is 2. The predicted octanol–water partition coefficient (Wildman–Crippen LogP) is 2.07. The summed E-state index contributed by atoms with van der Waals surface area (Å²) in [5, 5.41) is 2.90. The van der Waals surface area contributed by atoms with Gasteiger partial charge in [0.15, 0.2) is 0 Å². The van der Waals surface area contributed by atoms with Crippen LogP contribution >= 0.6 is 0 Å². The Morgan fingerprint density at radius 3 is 2.83 bits per heavy atom. The number of hydrogen-bond donors (Lipinski definition) is 1.